The van der Waals surface area contributed by atoms with Crippen molar-refractivity contribution >= 4 is 11.8 Å². The Morgan fingerprint density at radius 1 is 1.50 bits per heavy atom. The minimum atomic E-state index is 0.817. The molecule has 0 aliphatic rings. The summed E-state index contributed by atoms with van der Waals surface area (Å²) in [5, 5.41) is 0. The van der Waals surface area contributed by atoms with Crippen LogP contribution in [0.1, 0.15) is 6.92 Å². The van der Waals surface area contributed by atoms with Crippen LogP contribution < -0.4 is 0 Å². The molecule has 0 aliphatic heterocycles. The van der Waals surface area contributed by atoms with Crippen molar-refractivity contribution < 1.29 is 4.74 Å². The lowest BCUT2D eigenvalue weighted by Crippen LogP contribution is -2.22. The van der Waals surface area contributed by atoms with Gasteiger partial charge in [-0.2, -0.15) is 0 Å². The van der Waals surface area contributed by atoms with E-state index in [0.29, 0.717) is 0 Å². The van der Waals surface area contributed by atoms with E-state index in [1.54, 1.807) is 11.8 Å². The van der Waals surface area contributed by atoms with E-state index in [9.17, 15) is 0 Å². The SMILES string of the molecule is CCN(C)CCOCSC. The molecule has 0 fully saturated rings. The quantitative estimate of drug-likeness (QED) is 0.432. The molecule has 0 spiro atoms. The molecule has 0 saturated heterocycles. The normalized spacial score (nSPS) is 10.8. The number of rotatable bonds is 6. The molecule has 0 unspecified atom stereocenters. The standard InChI is InChI=1S/C7H17NOS/c1-4-8(2)5-6-9-7-10-3/h4-7H2,1-3H3. The Labute approximate surface area is 67.9 Å². The Morgan fingerprint density at radius 2 is 2.20 bits per heavy atom. The van der Waals surface area contributed by atoms with E-state index >= 15 is 0 Å². The Balaban J connectivity index is 2.89. The largest absolute Gasteiger partial charge is 0.370 e. The molecule has 0 amide bonds. The molecule has 0 rings (SSSR count). The minimum Gasteiger partial charge on any atom is -0.370 e. The second-order valence-corrected chi connectivity index (χ2v) is 3.02. The van der Waals surface area contributed by atoms with Crippen molar-refractivity contribution in [2.24, 2.45) is 0 Å². The molecule has 0 bridgehead atoms. The highest BCUT2D eigenvalue weighted by atomic mass is 32.2. The van der Waals surface area contributed by atoms with E-state index in [1.807, 2.05) is 6.26 Å². The highest BCUT2D eigenvalue weighted by molar-refractivity contribution is 7.98. The zero-order chi connectivity index (χ0) is 7.82. The highest BCUT2D eigenvalue weighted by Gasteiger charge is 1.92. The molecule has 3 heteroatoms. The van der Waals surface area contributed by atoms with Crippen LogP contribution in [0.3, 0.4) is 0 Å². The molecule has 0 aromatic rings. The molecule has 0 atom stereocenters. The average Bonchev–Trinajstić information content (AvgIpc) is 1.98. The summed E-state index contributed by atoms with van der Waals surface area (Å²) in [5.41, 5.74) is 0. The average molecular weight is 163 g/mol. The van der Waals surface area contributed by atoms with E-state index in [0.717, 1.165) is 25.6 Å². The van der Waals surface area contributed by atoms with E-state index in [-0.39, 0.29) is 0 Å². The number of likely N-dealkylation sites (N-methyl/N-ethyl adjacent to an activating group) is 1. The zero-order valence-electron chi connectivity index (χ0n) is 7.09. The predicted molar refractivity (Wildman–Crippen MR) is 47.5 cm³/mol. The molecule has 2 nitrogen and oxygen atoms in total. The first-order chi connectivity index (χ1) is 4.81. The topological polar surface area (TPSA) is 12.5 Å². The van der Waals surface area contributed by atoms with Gasteiger partial charge in [0.15, 0.2) is 0 Å². The van der Waals surface area contributed by atoms with Gasteiger partial charge in [-0.15, -0.1) is 11.8 Å². The van der Waals surface area contributed by atoms with Crippen LogP contribution in [-0.4, -0.2) is 43.8 Å². The van der Waals surface area contributed by atoms with Crippen LogP contribution in [0.2, 0.25) is 0 Å². The fourth-order valence-electron chi connectivity index (χ4n) is 0.521. The summed E-state index contributed by atoms with van der Waals surface area (Å²) >= 11 is 1.72. The van der Waals surface area contributed by atoms with Crippen molar-refractivity contribution in [2.45, 2.75) is 6.92 Å². The summed E-state index contributed by atoms with van der Waals surface area (Å²) in [5.74, 6) is 0.817. The number of ether oxygens (including phenoxy) is 1. The first-order valence-corrected chi connectivity index (χ1v) is 4.95. The lowest BCUT2D eigenvalue weighted by molar-refractivity contribution is 0.152. The maximum atomic E-state index is 5.28. The molecule has 0 radical (unpaired) electrons. The van der Waals surface area contributed by atoms with Gasteiger partial charge in [0, 0.05) is 6.54 Å². The summed E-state index contributed by atoms with van der Waals surface area (Å²) in [7, 11) is 2.10. The van der Waals surface area contributed by atoms with E-state index in [4.69, 9.17) is 4.74 Å². The lowest BCUT2D eigenvalue weighted by Gasteiger charge is -2.12. The highest BCUT2D eigenvalue weighted by Crippen LogP contribution is 1.91. The molecule has 0 aromatic carbocycles. The lowest BCUT2D eigenvalue weighted by atomic mass is 10.5. The molecular formula is C7H17NOS. The molecule has 0 N–H and O–H groups in total. The fourth-order valence-corrected chi connectivity index (χ4v) is 0.805. The second kappa shape index (κ2) is 7.38. The van der Waals surface area contributed by atoms with Gasteiger partial charge in [-0.1, -0.05) is 6.92 Å². The van der Waals surface area contributed by atoms with Crippen molar-refractivity contribution in [2.75, 3.05) is 38.9 Å². The summed E-state index contributed by atoms with van der Waals surface area (Å²) in [6.45, 7) is 5.14. The summed E-state index contributed by atoms with van der Waals surface area (Å²) in [6, 6.07) is 0. The molecular weight excluding hydrogens is 146 g/mol. The predicted octanol–water partition coefficient (Wildman–Crippen LogP) is 1.28. The third-order valence-corrected chi connectivity index (χ3v) is 1.76. The van der Waals surface area contributed by atoms with Crippen LogP contribution in [-0.2, 0) is 4.74 Å². The van der Waals surface area contributed by atoms with E-state index in [1.165, 1.54) is 0 Å². The number of nitrogens with zero attached hydrogens (tertiary/aromatic N) is 1. The number of thioether (sulfide) groups is 1. The number of hydrogen-bond acceptors (Lipinski definition) is 3. The minimum absolute atomic E-state index is 0.817. The van der Waals surface area contributed by atoms with Crippen LogP contribution >= 0.6 is 11.8 Å². The maximum absolute atomic E-state index is 5.28. The van der Waals surface area contributed by atoms with Crippen molar-refractivity contribution in [1.82, 2.24) is 4.90 Å². The fraction of sp³-hybridized carbons (Fsp3) is 1.00. The van der Waals surface area contributed by atoms with Crippen LogP contribution in [0.5, 0.6) is 0 Å². The molecule has 10 heavy (non-hydrogen) atoms. The van der Waals surface area contributed by atoms with E-state index in [2.05, 4.69) is 18.9 Å². The van der Waals surface area contributed by atoms with E-state index < -0.39 is 0 Å². The summed E-state index contributed by atoms with van der Waals surface area (Å²) in [4.78, 5) is 2.24. The van der Waals surface area contributed by atoms with Crippen molar-refractivity contribution in [3.63, 3.8) is 0 Å². The first kappa shape index (κ1) is 10.3. The Bertz CT molecular complexity index is 70.6. The summed E-state index contributed by atoms with van der Waals surface area (Å²) in [6.07, 6.45) is 2.05. The van der Waals surface area contributed by atoms with Gasteiger partial charge in [0.05, 0.1) is 12.5 Å². The first-order valence-electron chi connectivity index (χ1n) is 3.56. The van der Waals surface area contributed by atoms with Crippen LogP contribution in [0.15, 0.2) is 0 Å². The molecule has 0 aromatic heterocycles. The van der Waals surface area contributed by atoms with Gasteiger partial charge in [0.25, 0.3) is 0 Å². The van der Waals surface area contributed by atoms with Crippen molar-refractivity contribution in [3.05, 3.63) is 0 Å². The third kappa shape index (κ3) is 6.39. The van der Waals surface area contributed by atoms with Crippen LogP contribution in [0.25, 0.3) is 0 Å². The van der Waals surface area contributed by atoms with Gasteiger partial charge < -0.3 is 9.64 Å². The zero-order valence-corrected chi connectivity index (χ0v) is 7.91. The second-order valence-electron chi connectivity index (χ2n) is 2.21. The van der Waals surface area contributed by atoms with Gasteiger partial charge in [0.1, 0.15) is 0 Å². The van der Waals surface area contributed by atoms with Crippen LogP contribution in [0.4, 0.5) is 0 Å². The van der Waals surface area contributed by atoms with Crippen molar-refractivity contribution in [3.8, 4) is 0 Å². The third-order valence-electron chi connectivity index (χ3n) is 1.36. The van der Waals surface area contributed by atoms with Gasteiger partial charge in [-0.25, -0.2) is 0 Å². The molecule has 0 saturated carbocycles. The van der Waals surface area contributed by atoms with Gasteiger partial charge in [-0.3, -0.25) is 0 Å². The Hall–Kier alpha value is 0.270. The Kier molecular flexibility index (Phi) is 7.58. The van der Waals surface area contributed by atoms with Gasteiger partial charge >= 0.3 is 0 Å². The molecule has 0 heterocycles. The number of hydrogen-bond donors (Lipinski definition) is 0. The smallest absolute Gasteiger partial charge is 0.0918 e. The Morgan fingerprint density at radius 3 is 2.70 bits per heavy atom. The van der Waals surface area contributed by atoms with Gasteiger partial charge in [0.2, 0.25) is 0 Å². The van der Waals surface area contributed by atoms with Crippen LogP contribution in [0, 0.1) is 0 Å². The van der Waals surface area contributed by atoms with Crippen molar-refractivity contribution in [1.29, 1.82) is 0 Å². The monoisotopic (exact) mass is 163 g/mol. The molecule has 0 aliphatic carbocycles. The maximum Gasteiger partial charge on any atom is 0.0918 e. The summed E-state index contributed by atoms with van der Waals surface area (Å²) < 4.78 is 5.28. The molecule has 62 valence electrons. The van der Waals surface area contributed by atoms with Gasteiger partial charge in [-0.05, 0) is 19.8 Å².